The zero-order valence-corrected chi connectivity index (χ0v) is 23.1. The van der Waals surface area contributed by atoms with Gasteiger partial charge in [-0.05, 0) is 18.6 Å². The van der Waals surface area contributed by atoms with Crippen LogP contribution in [0.4, 0.5) is 0 Å². The molecule has 7 rings (SSSR count). The summed E-state index contributed by atoms with van der Waals surface area (Å²) in [5, 5.41) is 24.8. The second kappa shape index (κ2) is 6.93. The van der Waals surface area contributed by atoms with E-state index in [0.29, 0.717) is 12.0 Å². The van der Waals surface area contributed by atoms with E-state index in [1.54, 1.807) is 19.5 Å². The lowest BCUT2D eigenvalue weighted by Crippen LogP contribution is -2.76. The molecule has 0 radical (unpaired) electrons. The molecule has 0 aromatic carbocycles. The fourth-order valence-electron chi connectivity index (χ4n) is 9.36. The summed E-state index contributed by atoms with van der Waals surface area (Å²) >= 11 is 0. The quantitative estimate of drug-likeness (QED) is 0.445. The zero-order valence-electron chi connectivity index (χ0n) is 23.1. The molecule has 9 heteroatoms. The van der Waals surface area contributed by atoms with Crippen LogP contribution in [0.25, 0.3) is 0 Å². The molecule has 2 aliphatic carbocycles. The number of hydrogen-bond acceptors (Lipinski definition) is 9. The molecule has 1 unspecified atom stereocenters. The van der Waals surface area contributed by atoms with Crippen molar-refractivity contribution in [1.82, 2.24) is 0 Å². The third-order valence-electron chi connectivity index (χ3n) is 10.6. The SMILES string of the molecule is CC(=O)O[C@@]12[C@@H]3O[C@@]4(O)C[C@]5(C)[C@H]6CC(C(C)C)(O[C@H]5c5ccoc5)O[C@H]1[C@]6(C4)O[C@]2(O)C(C)=CC3(C)C. The van der Waals surface area contributed by atoms with Crippen molar-refractivity contribution in [3.8, 4) is 0 Å². The molecule has 5 heterocycles. The molecule has 9 nitrogen and oxygen atoms in total. The molecule has 6 aliphatic rings. The van der Waals surface area contributed by atoms with E-state index in [2.05, 4.69) is 6.92 Å². The van der Waals surface area contributed by atoms with Crippen molar-refractivity contribution >= 4 is 5.97 Å². The molecule has 4 aliphatic heterocycles. The number of carbonyl (C=O) groups excluding carboxylic acids is 1. The summed E-state index contributed by atoms with van der Waals surface area (Å²) in [6, 6.07) is 1.88. The smallest absolute Gasteiger partial charge is 0.303 e. The van der Waals surface area contributed by atoms with E-state index in [9.17, 15) is 15.0 Å². The Hall–Kier alpha value is -1.75. The van der Waals surface area contributed by atoms with Crippen LogP contribution in [0.15, 0.2) is 34.7 Å². The highest BCUT2D eigenvalue weighted by atomic mass is 16.8. The van der Waals surface area contributed by atoms with Gasteiger partial charge in [0.2, 0.25) is 11.4 Å². The van der Waals surface area contributed by atoms with Crippen molar-refractivity contribution in [2.45, 2.75) is 115 Å². The maximum atomic E-state index is 12.8. The summed E-state index contributed by atoms with van der Waals surface area (Å²) in [4.78, 5) is 12.8. The number of esters is 1. The van der Waals surface area contributed by atoms with Gasteiger partial charge in [-0.25, -0.2) is 0 Å². The maximum absolute atomic E-state index is 12.8. The van der Waals surface area contributed by atoms with Crippen LogP contribution < -0.4 is 0 Å². The topological polar surface area (TPSA) is 117 Å². The standard InChI is InChI=1S/C29H38O9/c1-15(2)27-11-19-24(7,20(35-27)18-8-9-33-12-18)13-25(31)14-26(19)22(37-27)28(34-17(4)30)21(36-25)23(5,6)10-16(3)29(28,32)38-26/h8-10,12,15,19-22,31-32H,11,13-14H2,1-7H3/t19-,20+,21-,22+,24-,25+,26-,27?,28+,29-/m1/s1. The maximum Gasteiger partial charge on any atom is 0.303 e. The van der Waals surface area contributed by atoms with E-state index >= 15 is 0 Å². The largest absolute Gasteiger partial charge is 0.472 e. The van der Waals surface area contributed by atoms with Crippen LogP contribution in [-0.2, 0) is 28.5 Å². The molecule has 0 amide bonds. The van der Waals surface area contributed by atoms with Gasteiger partial charge in [-0.3, -0.25) is 4.79 Å². The first-order valence-corrected chi connectivity index (χ1v) is 13.7. The van der Waals surface area contributed by atoms with Gasteiger partial charge in [0.15, 0.2) is 11.6 Å². The van der Waals surface area contributed by atoms with Gasteiger partial charge in [0.1, 0.15) is 17.8 Å². The van der Waals surface area contributed by atoms with Gasteiger partial charge in [0, 0.05) is 54.4 Å². The molecule has 5 fully saturated rings. The first kappa shape index (κ1) is 25.2. The Kier molecular flexibility index (Phi) is 4.60. The van der Waals surface area contributed by atoms with Crippen molar-refractivity contribution in [2.24, 2.45) is 22.7 Å². The summed E-state index contributed by atoms with van der Waals surface area (Å²) in [5.74, 6) is -5.65. The number of furan rings is 1. The first-order valence-electron chi connectivity index (χ1n) is 13.7. The lowest BCUT2D eigenvalue weighted by molar-refractivity contribution is -0.443. The lowest BCUT2D eigenvalue weighted by Gasteiger charge is -2.68. The molecule has 208 valence electrons. The van der Waals surface area contributed by atoms with Gasteiger partial charge >= 0.3 is 5.97 Å². The predicted molar refractivity (Wildman–Crippen MR) is 131 cm³/mol. The van der Waals surface area contributed by atoms with Gasteiger partial charge in [-0.2, -0.15) is 0 Å². The van der Waals surface area contributed by atoms with Crippen LogP contribution >= 0.6 is 0 Å². The van der Waals surface area contributed by atoms with Gasteiger partial charge in [-0.1, -0.05) is 40.7 Å². The Morgan fingerprint density at radius 2 is 1.84 bits per heavy atom. The molecule has 10 atom stereocenters. The van der Waals surface area contributed by atoms with Crippen LogP contribution in [0.2, 0.25) is 0 Å². The summed E-state index contributed by atoms with van der Waals surface area (Å²) in [6.45, 7) is 13.2. The van der Waals surface area contributed by atoms with E-state index in [-0.39, 0.29) is 24.7 Å². The van der Waals surface area contributed by atoms with Crippen LogP contribution in [0.5, 0.6) is 0 Å². The van der Waals surface area contributed by atoms with Gasteiger partial charge in [0.25, 0.3) is 0 Å². The predicted octanol–water partition coefficient (Wildman–Crippen LogP) is 3.74. The summed E-state index contributed by atoms with van der Waals surface area (Å²) in [7, 11) is 0. The Labute approximate surface area is 222 Å². The number of rotatable bonds is 3. The molecular weight excluding hydrogens is 492 g/mol. The minimum atomic E-state index is -2.02. The highest BCUT2D eigenvalue weighted by Crippen LogP contribution is 2.76. The fourth-order valence-corrected chi connectivity index (χ4v) is 9.36. The van der Waals surface area contributed by atoms with Gasteiger partial charge < -0.3 is 38.3 Å². The van der Waals surface area contributed by atoms with E-state index in [4.69, 9.17) is 28.1 Å². The Balaban J connectivity index is 1.56. The molecular formula is C29H38O9. The third kappa shape index (κ3) is 2.62. The summed E-state index contributed by atoms with van der Waals surface area (Å²) in [5.41, 5.74) is -3.08. The molecule has 1 aromatic heterocycles. The lowest BCUT2D eigenvalue weighted by atomic mass is 9.49. The monoisotopic (exact) mass is 530 g/mol. The Morgan fingerprint density at radius 1 is 1.11 bits per heavy atom. The van der Waals surface area contributed by atoms with E-state index in [1.165, 1.54) is 6.92 Å². The fraction of sp³-hybridized carbons (Fsp3) is 0.759. The Bertz CT molecular complexity index is 1240. The zero-order chi connectivity index (χ0) is 27.3. The molecule has 1 aromatic rings. The van der Waals surface area contributed by atoms with Crippen molar-refractivity contribution in [1.29, 1.82) is 0 Å². The number of aliphatic hydroxyl groups is 2. The highest BCUT2D eigenvalue weighted by Gasteiger charge is 2.90. The third-order valence-corrected chi connectivity index (χ3v) is 10.6. The molecule has 5 bridgehead atoms. The molecule has 4 saturated heterocycles. The minimum Gasteiger partial charge on any atom is -0.472 e. The second-order valence-electron chi connectivity index (χ2n) is 13.8. The number of carbonyl (C=O) groups is 1. The van der Waals surface area contributed by atoms with Crippen molar-refractivity contribution < 1.29 is 43.1 Å². The van der Waals surface area contributed by atoms with Crippen LogP contribution in [-0.4, -0.2) is 57.0 Å². The van der Waals surface area contributed by atoms with Crippen LogP contribution in [0.1, 0.15) is 79.4 Å². The van der Waals surface area contributed by atoms with E-state index in [1.807, 2.05) is 39.8 Å². The molecule has 38 heavy (non-hydrogen) atoms. The van der Waals surface area contributed by atoms with Crippen molar-refractivity contribution in [3.05, 3.63) is 35.8 Å². The number of fused-ring (bicyclic) bond motifs is 2. The van der Waals surface area contributed by atoms with Gasteiger partial charge in [0.05, 0.1) is 18.6 Å². The molecule has 1 spiro atoms. The van der Waals surface area contributed by atoms with Crippen LogP contribution in [0, 0.1) is 22.7 Å². The van der Waals surface area contributed by atoms with Crippen molar-refractivity contribution in [2.75, 3.05) is 0 Å². The molecule has 2 N–H and O–H groups in total. The summed E-state index contributed by atoms with van der Waals surface area (Å²) < 4.78 is 39.3. The highest BCUT2D eigenvalue weighted by molar-refractivity contribution is 5.68. The number of ether oxygens (including phenoxy) is 5. The average Bonchev–Trinajstić information content (AvgIpc) is 3.36. The van der Waals surface area contributed by atoms with Gasteiger partial charge in [-0.15, -0.1) is 0 Å². The minimum absolute atomic E-state index is 0.0718. The first-order chi connectivity index (χ1) is 17.6. The van der Waals surface area contributed by atoms with Crippen molar-refractivity contribution in [3.63, 3.8) is 0 Å². The van der Waals surface area contributed by atoms with Crippen LogP contribution in [0.3, 0.4) is 0 Å². The normalized spacial score (nSPS) is 53.5. The average molecular weight is 531 g/mol. The van der Waals surface area contributed by atoms with E-state index < -0.39 is 63.7 Å². The Morgan fingerprint density at radius 3 is 2.47 bits per heavy atom. The number of hydrogen-bond donors (Lipinski definition) is 2. The molecule has 1 saturated carbocycles. The summed E-state index contributed by atoms with van der Waals surface area (Å²) in [6.07, 6.45) is 3.57. The van der Waals surface area contributed by atoms with E-state index in [0.717, 1.165) is 5.56 Å². The second-order valence-corrected chi connectivity index (χ2v) is 13.8.